The van der Waals surface area contributed by atoms with Crippen LogP contribution in [0.25, 0.3) is 30.6 Å². The molecule has 0 atom stereocenters. The second kappa shape index (κ2) is 52.0. The third kappa shape index (κ3) is 32.2. The van der Waals surface area contributed by atoms with Crippen molar-refractivity contribution in [2.75, 3.05) is 118 Å². The quantitative estimate of drug-likeness (QED) is 0.0157. The smallest absolute Gasteiger partial charge is 0.310 e. The number of nitrogens with two attached hydrogens (primary N) is 1. The lowest BCUT2D eigenvalue weighted by molar-refractivity contribution is -0.141. The molecule has 16 rings (SSSR count). The molecule has 0 saturated carbocycles. The highest BCUT2D eigenvalue weighted by Crippen LogP contribution is 2.40. The van der Waals surface area contributed by atoms with Crippen molar-refractivity contribution in [2.24, 2.45) is 0 Å². The van der Waals surface area contributed by atoms with Crippen molar-refractivity contribution in [3.05, 3.63) is 284 Å². The lowest BCUT2D eigenvalue weighted by atomic mass is 10.0. The Morgan fingerprint density at radius 1 is 0.350 bits per heavy atom. The second-order valence-corrected chi connectivity index (χ2v) is 34.2. The van der Waals surface area contributed by atoms with E-state index in [0.717, 1.165) is 124 Å². The Balaban J connectivity index is 0.000000163. The van der Waals surface area contributed by atoms with Gasteiger partial charge >= 0.3 is 11.9 Å². The Kier molecular flexibility index (Phi) is 38.6. The molecule has 3 fully saturated rings. The second-order valence-electron chi connectivity index (χ2n) is 31.1. The van der Waals surface area contributed by atoms with Crippen LogP contribution in [-0.4, -0.2) is 199 Å². The van der Waals surface area contributed by atoms with Gasteiger partial charge in [-0.3, -0.25) is 68.0 Å². The van der Waals surface area contributed by atoms with E-state index in [1.165, 1.54) is 121 Å². The molecule has 33 heteroatoms. The fourth-order valence-corrected chi connectivity index (χ4v) is 16.9. The number of hydrogen-bond acceptors (Lipinski definition) is 26. The number of carboxylic acid groups (broad SMARTS) is 2. The Bertz CT molecular complexity index is 6680. The van der Waals surface area contributed by atoms with E-state index in [2.05, 4.69) is 65.2 Å². The topological polar surface area (TPSA) is 325 Å². The molecule has 3 aliphatic rings. The van der Waals surface area contributed by atoms with Crippen molar-refractivity contribution < 1.29 is 108 Å². The first-order chi connectivity index (χ1) is 66.3. The van der Waals surface area contributed by atoms with E-state index < -0.39 is 65.4 Å². The van der Waals surface area contributed by atoms with Crippen LogP contribution in [0.1, 0.15) is 73.7 Å². The maximum atomic E-state index is 15.0. The Hall–Kier alpha value is -14.3. The van der Waals surface area contributed by atoms with Crippen molar-refractivity contribution in [1.29, 1.82) is 0 Å². The summed E-state index contributed by atoms with van der Waals surface area (Å²) in [7, 11) is 3.05. The van der Waals surface area contributed by atoms with Gasteiger partial charge in [0.1, 0.15) is 87.9 Å². The highest BCUT2D eigenvalue weighted by atomic mass is 32.1. The summed E-state index contributed by atoms with van der Waals surface area (Å²) >= 11 is 4.36. The number of Topliss-reactive ketones (excluding diaryl/α,β-unsaturated/α-hetero) is 6. The zero-order valence-electron chi connectivity index (χ0n) is 74.6. The number of halogens is 5. The predicted octanol–water partition coefficient (Wildman–Crippen LogP) is 16.8. The molecule has 0 unspecified atom stereocenters. The summed E-state index contributed by atoms with van der Waals surface area (Å²) in [5, 5.41) is 16.8. The minimum atomic E-state index is -1.19. The molecule has 4 N–H and O–H groups in total. The van der Waals surface area contributed by atoms with Crippen LogP contribution in [0, 0.1) is 64.6 Å². The van der Waals surface area contributed by atoms with Gasteiger partial charge in [0.2, 0.25) is 0 Å². The predicted molar refractivity (Wildman–Crippen MR) is 510 cm³/mol. The minimum Gasteiger partial charge on any atom is -0.496 e. The molecule has 137 heavy (non-hydrogen) atoms. The Morgan fingerprint density at radius 3 is 0.971 bits per heavy atom. The summed E-state index contributed by atoms with van der Waals surface area (Å²) in [6, 6.07) is 49.9. The van der Waals surface area contributed by atoms with Gasteiger partial charge in [0.15, 0.2) is 34.7 Å². The van der Waals surface area contributed by atoms with E-state index in [0.29, 0.717) is 76.3 Å². The standard InChI is InChI=1S/C32H29FN2O5S.C31H26F2N2O4S.C20H18FN3O2S.C11H12O4.C10H9FO3/c1-38-29-7-3-2-5-23(29)19-25(37)20-24(36)17-22-8-9-30(27(33)18-22)40-31-10-11-34-28-21-26(41-32(28)31)6-4-12-35-13-15-39-16-14-35;32-26-6-2-1-4-22(26)18-24(37)19-23(36)16-21-7-8-29(27(33)17-21)39-30-9-10-34-28-20-25(40-31(28)30)5-3-11-35-12-14-38-15-13-35;21-16-12-14(22)3-4-18(16)26-19-5-6-23-17-13-15(27-20(17)19)2-1-7-24-8-10-25-11-9-24;1-15-10-5-3-2-4-8(10)6-9(12)7-11(13)14;11-9-4-2-1-3-7(9)5-8(12)6-10(13)14/h2-3,5,7-11,18,21H,12-17,19-20H2,1H3;1-2,4,6-10,17,20H,11-16,18-19H2;3-6,12-13H,7-11,22H2;2-5H,6-7H2,1H3,(H,13,14);1-4H,5-6H2,(H,13,14). The summed E-state index contributed by atoms with van der Waals surface area (Å²) in [5.74, 6) is 15.0. The number of morpholine rings is 3. The number of carbonyl (C=O) groups is 8. The number of aromatic nitrogens is 3. The number of carbonyl (C=O) groups excluding carboxylic acids is 6. The molecule has 0 radical (unpaired) electrons. The first-order valence-corrected chi connectivity index (χ1v) is 45.7. The average molecular weight is 1920 g/mol. The van der Waals surface area contributed by atoms with Gasteiger partial charge < -0.3 is 53.8 Å². The largest absolute Gasteiger partial charge is 0.496 e. The van der Waals surface area contributed by atoms with Crippen LogP contribution in [0.15, 0.2) is 207 Å². The van der Waals surface area contributed by atoms with Gasteiger partial charge in [-0.15, -0.1) is 34.0 Å². The molecule has 9 heterocycles. The van der Waals surface area contributed by atoms with Crippen molar-refractivity contribution >= 4 is 117 Å². The maximum absolute atomic E-state index is 15.0. The third-order valence-corrected chi connectivity index (χ3v) is 23.9. The molecule has 13 aromatic rings. The summed E-state index contributed by atoms with van der Waals surface area (Å²) < 4.78 is 117. The molecule has 0 bridgehead atoms. The lowest BCUT2D eigenvalue weighted by Crippen LogP contribution is -2.36. The fourth-order valence-electron chi connectivity index (χ4n) is 14.0. The number of carboxylic acids is 2. The van der Waals surface area contributed by atoms with E-state index in [4.69, 9.17) is 53.8 Å². The molecule has 7 aromatic carbocycles. The molecule has 0 aliphatic carbocycles. The van der Waals surface area contributed by atoms with Gasteiger partial charge in [-0.05, 0) is 101 Å². The number of rotatable bonds is 31. The number of aliphatic carboxylic acids is 2. The summed E-state index contributed by atoms with van der Waals surface area (Å²) in [6.07, 6.45) is 2.96. The van der Waals surface area contributed by atoms with E-state index in [1.54, 1.807) is 104 Å². The molecular weight excluding hydrogens is 1830 g/mol. The monoisotopic (exact) mass is 1920 g/mol. The van der Waals surface area contributed by atoms with Gasteiger partial charge in [0.25, 0.3) is 0 Å². The number of para-hydroxylation sites is 2. The molecule has 0 spiro atoms. The third-order valence-electron chi connectivity index (χ3n) is 20.7. The number of ether oxygens (including phenoxy) is 8. The van der Waals surface area contributed by atoms with E-state index in [9.17, 15) is 55.9 Å². The van der Waals surface area contributed by atoms with Gasteiger partial charge in [0, 0.05) is 137 Å². The first-order valence-electron chi connectivity index (χ1n) is 43.3. The molecule has 3 saturated heterocycles. The summed E-state index contributed by atoms with van der Waals surface area (Å²) in [6.45, 7) is 11.8. The number of hydrogen-bond donors (Lipinski definition) is 3. The lowest BCUT2D eigenvalue weighted by Gasteiger charge is -2.24. The first kappa shape index (κ1) is 102. The van der Waals surface area contributed by atoms with Crippen LogP contribution in [0.5, 0.6) is 46.0 Å². The Labute approximate surface area is 798 Å². The number of ketones is 6. The summed E-state index contributed by atoms with van der Waals surface area (Å²) in [4.78, 5) is 115. The highest BCUT2D eigenvalue weighted by molar-refractivity contribution is 7.20. The van der Waals surface area contributed by atoms with Gasteiger partial charge in [-0.1, -0.05) is 120 Å². The minimum absolute atomic E-state index is 0.00711. The van der Waals surface area contributed by atoms with Crippen LogP contribution in [0.4, 0.5) is 27.6 Å². The molecular formula is C104H94F5N7O18S3. The number of fused-ring (bicyclic) bond motifs is 3. The van der Waals surface area contributed by atoms with Crippen molar-refractivity contribution in [3.63, 3.8) is 0 Å². The van der Waals surface area contributed by atoms with Gasteiger partial charge in [-0.2, -0.15) is 0 Å². The number of pyridine rings is 3. The molecule has 0 amide bonds. The summed E-state index contributed by atoms with van der Waals surface area (Å²) in [5.41, 5.74) is 11.0. The molecule has 6 aromatic heterocycles. The Morgan fingerprint density at radius 2 is 0.650 bits per heavy atom. The molecule has 3 aliphatic heterocycles. The van der Waals surface area contributed by atoms with Gasteiger partial charge in [0.05, 0.1) is 132 Å². The average Bonchev–Trinajstić information content (AvgIpc) is 1.68. The van der Waals surface area contributed by atoms with Crippen molar-refractivity contribution in [3.8, 4) is 81.5 Å². The number of methoxy groups -OCH3 is 2. The van der Waals surface area contributed by atoms with Crippen molar-refractivity contribution in [1.82, 2.24) is 29.7 Å². The van der Waals surface area contributed by atoms with E-state index in [-0.39, 0.29) is 103 Å². The molecule has 25 nitrogen and oxygen atoms in total. The maximum Gasteiger partial charge on any atom is 0.310 e. The van der Waals surface area contributed by atoms with Gasteiger partial charge in [-0.25, -0.2) is 22.0 Å². The molecule has 706 valence electrons. The highest BCUT2D eigenvalue weighted by Gasteiger charge is 2.23. The number of benzene rings is 7. The van der Waals surface area contributed by atoms with Crippen LogP contribution < -0.4 is 29.4 Å². The number of nitrogens with zero attached hydrogens (tertiary/aromatic N) is 6. The normalized spacial score (nSPS) is 12.9. The van der Waals surface area contributed by atoms with Crippen LogP contribution in [-0.2, 0) is 91.1 Å². The zero-order chi connectivity index (χ0) is 97.0. The number of thiophene rings is 3. The number of nitrogen functional groups attached to an aromatic ring is 1. The van der Waals surface area contributed by atoms with Crippen molar-refractivity contribution in [2.45, 2.75) is 64.2 Å². The fraction of sp³-hybridized carbons (Fsp3) is 0.260. The van der Waals surface area contributed by atoms with Crippen LogP contribution in [0.2, 0.25) is 0 Å². The number of anilines is 1. The zero-order valence-corrected chi connectivity index (χ0v) is 77.1. The van der Waals surface area contributed by atoms with Crippen LogP contribution in [0.3, 0.4) is 0 Å². The van der Waals surface area contributed by atoms with Crippen LogP contribution >= 0.6 is 34.0 Å². The SMILES string of the molecule is COc1ccccc1CC(=O)CC(=O)Cc1ccc(Oc2ccnc3cc(C#CCN4CCOCC4)sc23)c(F)c1.COc1ccccc1CC(=O)CC(=O)O.Nc1ccc(Oc2ccnc3cc(C#CCN4CCOCC4)sc23)c(F)c1.O=C(CC(=O)Cc1ccccc1F)Cc1ccc(Oc2ccnc3cc(C#CCN4CCOCC4)sc23)c(F)c1.O=C(O)CC(=O)Cc1ccccc1F. The van der Waals surface area contributed by atoms with E-state index >= 15 is 4.39 Å². The van der Waals surface area contributed by atoms with E-state index in [1.807, 2.05) is 30.3 Å².